The molecule has 1 aliphatic heterocycles. The molecule has 0 atom stereocenters. The van der Waals surface area contributed by atoms with Crippen molar-refractivity contribution in [2.75, 3.05) is 13.1 Å². The number of carbonyl (C=O) groups excluding carboxylic acids is 1. The lowest BCUT2D eigenvalue weighted by atomic mass is 10.1. The van der Waals surface area contributed by atoms with Crippen molar-refractivity contribution in [2.45, 2.75) is 18.9 Å². The predicted octanol–water partition coefficient (Wildman–Crippen LogP) is 2.11. The van der Waals surface area contributed by atoms with Gasteiger partial charge in [-0.2, -0.15) is 0 Å². The monoisotopic (exact) mass is 370 g/mol. The molecule has 0 spiro atoms. The minimum Gasteiger partial charge on any atom is -0.349 e. The second kappa shape index (κ2) is 5.46. The fourth-order valence-electron chi connectivity index (χ4n) is 2.34. The van der Waals surface area contributed by atoms with Crippen molar-refractivity contribution in [3.63, 3.8) is 0 Å². The molecule has 1 fully saturated rings. The number of piperidine rings is 1. The first-order chi connectivity index (χ1) is 9.22. The minimum atomic E-state index is 0.00316. The third-order valence-electron chi connectivity index (χ3n) is 3.46. The highest BCUT2D eigenvalue weighted by atomic mass is 127. The number of rotatable bonds is 2. The molecule has 1 aromatic carbocycles. The highest BCUT2D eigenvalue weighted by Gasteiger charge is 2.19. The second-order valence-electron chi connectivity index (χ2n) is 4.79. The van der Waals surface area contributed by atoms with Crippen molar-refractivity contribution >= 4 is 39.8 Å². The van der Waals surface area contributed by atoms with Crippen molar-refractivity contribution in [1.82, 2.24) is 18.4 Å². The van der Waals surface area contributed by atoms with Crippen LogP contribution in [0.25, 0.3) is 11.0 Å². The number of aromatic nitrogens is 2. The van der Waals surface area contributed by atoms with E-state index in [2.05, 4.69) is 41.3 Å². The summed E-state index contributed by atoms with van der Waals surface area (Å²) in [5.74, 6) is 0.00316. The van der Waals surface area contributed by atoms with Gasteiger partial charge in [-0.25, -0.2) is 8.10 Å². The molecule has 0 aliphatic carbocycles. The van der Waals surface area contributed by atoms with Crippen molar-refractivity contribution in [3.8, 4) is 0 Å². The average molecular weight is 370 g/mol. The Balaban J connectivity index is 1.69. The lowest BCUT2D eigenvalue weighted by Gasteiger charge is -2.28. The Labute approximate surface area is 125 Å². The van der Waals surface area contributed by atoms with E-state index in [0.717, 1.165) is 37.0 Å². The topological polar surface area (TPSA) is 61.0 Å². The SMILES string of the molecule is O=C(NC1CCN(I)CC1)c1ccc2nc[nH]c2c1. The molecule has 2 aromatic rings. The maximum Gasteiger partial charge on any atom is 0.251 e. The number of halogens is 1. The third kappa shape index (κ3) is 2.89. The molecule has 6 heteroatoms. The summed E-state index contributed by atoms with van der Waals surface area (Å²) in [6.07, 6.45) is 3.67. The van der Waals surface area contributed by atoms with E-state index in [0.29, 0.717) is 5.56 Å². The molecule has 1 saturated heterocycles. The second-order valence-corrected chi connectivity index (χ2v) is 6.16. The van der Waals surface area contributed by atoms with Crippen LogP contribution >= 0.6 is 22.9 Å². The summed E-state index contributed by atoms with van der Waals surface area (Å²) in [5, 5.41) is 3.11. The molecular weight excluding hydrogens is 355 g/mol. The molecule has 0 radical (unpaired) electrons. The Morgan fingerprint density at radius 1 is 1.42 bits per heavy atom. The molecule has 0 unspecified atom stereocenters. The van der Waals surface area contributed by atoms with Gasteiger partial charge in [-0.15, -0.1) is 0 Å². The standard InChI is InChI=1S/C13H15IN4O/c14-18-5-3-10(4-6-18)17-13(19)9-1-2-11-12(7-9)16-8-15-11/h1-2,7-8,10H,3-6H2,(H,15,16)(H,17,19). The van der Waals surface area contributed by atoms with Crippen molar-refractivity contribution in [1.29, 1.82) is 0 Å². The molecule has 0 saturated carbocycles. The Kier molecular flexibility index (Phi) is 3.69. The van der Waals surface area contributed by atoms with Gasteiger partial charge in [0, 0.05) is 47.6 Å². The normalized spacial score (nSPS) is 17.7. The number of hydrogen-bond acceptors (Lipinski definition) is 3. The van der Waals surface area contributed by atoms with Crippen LogP contribution in [0.2, 0.25) is 0 Å². The number of nitrogens with zero attached hydrogens (tertiary/aromatic N) is 2. The third-order valence-corrected chi connectivity index (χ3v) is 4.42. The largest absolute Gasteiger partial charge is 0.349 e. The molecule has 100 valence electrons. The summed E-state index contributed by atoms with van der Waals surface area (Å²) in [7, 11) is 0. The maximum atomic E-state index is 12.2. The van der Waals surface area contributed by atoms with Crippen LogP contribution in [0.5, 0.6) is 0 Å². The van der Waals surface area contributed by atoms with Gasteiger partial charge in [-0.1, -0.05) is 0 Å². The molecule has 0 bridgehead atoms. The van der Waals surface area contributed by atoms with Gasteiger partial charge in [0.1, 0.15) is 0 Å². The number of hydrogen-bond donors (Lipinski definition) is 2. The molecule has 1 aromatic heterocycles. The van der Waals surface area contributed by atoms with E-state index < -0.39 is 0 Å². The molecular formula is C13H15IN4O. The van der Waals surface area contributed by atoms with Gasteiger partial charge < -0.3 is 10.3 Å². The van der Waals surface area contributed by atoms with E-state index in [1.807, 2.05) is 18.2 Å². The number of benzene rings is 1. The number of aromatic amines is 1. The van der Waals surface area contributed by atoms with Crippen LogP contribution in [0.4, 0.5) is 0 Å². The van der Waals surface area contributed by atoms with Crippen LogP contribution in [-0.4, -0.2) is 38.1 Å². The van der Waals surface area contributed by atoms with E-state index in [1.54, 1.807) is 6.33 Å². The highest BCUT2D eigenvalue weighted by Crippen LogP contribution is 2.15. The highest BCUT2D eigenvalue weighted by molar-refractivity contribution is 14.1. The van der Waals surface area contributed by atoms with Crippen LogP contribution in [-0.2, 0) is 0 Å². The molecule has 3 rings (SSSR count). The van der Waals surface area contributed by atoms with Crippen molar-refractivity contribution in [3.05, 3.63) is 30.1 Å². The molecule has 19 heavy (non-hydrogen) atoms. The van der Waals surface area contributed by atoms with Crippen LogP contribution < -0.4 is 5.32 Å². The lowest BCUT2D eigenvalue weighted by molar-refractivity contribution is 0.0926. The summed E-state index contributed by atoms with van der Waals surface area (Å²) in [6, 6.07) is 5.83. The number of imidazole rings is 1. The van der Waals surface area contributed by atoms with Gasteiger partial charge in [-0.05, 0) is 31.0 Å². The number of fused-ring (bicyclic) bond motifs is 1. The number of amides is 1. The van der Waals surface area contributed by atoms with Crippen LogP contribution in [0.3, 0.4) is 0 Å². The zero-order valence-electron chi connectivity index (χ0n) is 10.4. The summed E-state index contributed by atoms with van der Waals surface area (Å²) in [5.41, 5.74) is 2.47. The zero-order valence-corrected chi connectivity index (χ0v) is 12.6. The summed E-state index contributed by atoms with van der Waals surface area (Å²) in [4.78, 5) is 19.4. The number of H-pyrrole nitrogens is 1. The first-order valence-electron chi connectivity index (χ1n) is 6.37. The summed E-state index contributed by atoms with van der Waals surface area (Å²) >= 11 is 2.33. The first-order valence-corrected chi connectivity index (χ1v) is 7.33. The van der Waals surface area contributed by atoms with E-state index in [4.69, 9.17) is 0 Å². The molecule has 5 nitrogen and oxygen atoms in total. The van der Waals surface area contributed by atoms with Gasteiger partial charge in [0.15, 0.2) is 0 Å². The molecule has 2 N–H and O–H groups in total. The van der Waals surface area contributed by atoms with Crippen molar-refractivity contribution in [2.24, 2.45) is 0 Å². The van der Waals surface area contributed by atoms with Crippen molar-refractivity contribution < 1.29 is 4.79 Å². The number of carbonyl (C=O) groups is 1. The van der Waals surface area contributed by atoms with Gasteiger partial charge in [0.25, 0.3) is 5.91 Å². The van der Waals surface area contributed by atoms with Gasteiger partial charge >= 0.3 is 0 Å². The fraction of sp³-hybridized carbons (Fsp3) is 0.385. The lowest BCUT2D eigenvalue weighted by Crippen LogP contribution is -2.41. The summed E-state index contributed by atoms with van der Waals surface area (Å²) < 4.78 is 2.26. The van der Waals surface area contributed by atoms with Gasteiger partial charge in [0.2, 0.25) is 0 Å². The van der Waals surface area contributed by atoms with Crippen LogP contribution in [0.1, 0.15) is 23.2 Å². The number of nitrogens with one attached hydrogen (secondary N) is 2. The van der Waals surface area contributed by atoms with E-state index >= 15 is 0 Å². The Morgan fingerprint density at radius 2 is 2.21 bits per heavy atom. The Bertz CT molecular complexity index is 589. The Hall–Kier alpha value is -1.15. The smallest absolute Gasteiger partial charge is 0.251 e. The molecule has 1 amide bonds. The predicted molar refractivity (Wildman–Crippen MR) is 82.2 cm³/mol. The van der Waals surface area contributed by atoms with Crippen LogP contribution in [0, 0.1) is 0 Å². The average Bonchev–Trinajstić information content (AvgIpc) is 2.88. The van der Waals surface area contributed by atoms with Gasteiger partial charge in [0.05, 0.1) is 17.4 Å². The van der Waals surface area contributed by atoms with Gasteiger partial charge in [-0.3, -0.25) is 4.79 Å². The van der Waals surface area contributed by atoms with Crippen LogP contribution in [0.15, 0.2) is 24.5 Å². The summed E-state index contributed by atoms with van der Waals surface area (Å²) in [6.45, 7) is 2.07. The maximum absolute atomic E-state index is 12.2. The quantitative estimate of drug-likeness (QED) is 0.629. The molecule has 2 heterocycles. The first kappa shape index (κ1) is 12.9. The van der Waals surface area contributed by atoms with E-state index in [9.17, 15) is 4.79 Å². The van der Waals surface area contributed by atoms with E-state index in [-0.39, 0.29) is 11.9 Å². The van der Waals surface area contributed by atoms with E-state index in [1.165, 1.54) is 0 Å². The molecule has 1 aliphatic rings. The Morgan fingerprint density at radius 3 is 3.00 bits per heavy atom. The fourth-order valence-corrected chi connectivity index (χ4v) is 2.89. The zero-order chi connectivity index (χ0) is 13.2. The minimum absolute atomic E-state index is 0.00316.